The number of esters is 1. The van der Waals surface area contributed by atoms with Crippen molar-refractivity contribution in [1.29, 1.82) is 0 Å². The molecule has 0 aliphatic heterocycles. The fourth-order valence-electron chi connectivity index (χ4n) is 2.49. The number of H-pyrrole nitrogens is 1. The van der Waals surface area contributed by atoms with Crippen molar-refractivity contribution in [2.45, 2.75) is 6.92 Å². The van der Waals surface area contributed by atoms with E-state index in [2.05, 4.69) is 4.98 Å². The number of nitrogens with zero attached hydrogens (tertiary/aromatic N) is 2. The number of non-ortho nitro benzene ring substituents is 2. The lowest BCUT2D eigenvalue weighted by molar-refractivity contribution is -0.385. The SMILES string of the molecule is Cc1[nH]c2ccc([N+](=O)[O-])cc2c1C(=O)Oc1ccc([N+](=O)[O-])cc1. The topological polar surface area (TPSA) is 128 Å². The molecule has 3 rings (SSSR count). The van der Waals surface area contributed by atoms with Crippen molar-refractivity contribution in [3.05, 3.63) is 74.0 Å². The van der Waals surface area contributed by atoms with Crippen LogP contribution in [-0.2, 0) is 0 Å². The number of fused-ring (bicyclic) bond motifs is 1. The molecular weight excluding hydrogens is 330 g/mol. The molecule has 0 fully saturated rings. The first-order valence-corrected chi connectivity index (χ1v) is 7.10. The molecule has 0 atom stereocenters. The van der Waals surface area contributed by atoms with Crippen LogP contribution in [0, 0.1) is 27.2 Å². The Morgan fingerprint density at radius 3 is 2.20 bits per heavy atom. The van der Waals surface area contributed by atoms with Gasteiger partial charge in [-0.1, -0.05) is 0 Å². The van der Waals surface area contributed by atoms with E-state index in [1.165, 1.54) is 42.5 Å². The van der Waals surface area contributed by atoms with Crippen LogP contribution in [0.4, 0.5) is 11.4 Å². The Balaban J connectivity index is 1.96. The molecule has 0 saturated heterocycles. The van der Waals surface area contributed by atoms with Gasteiger partial charge in [-0.05, 0) is 25.1 Å². The van der Waals surface area contributed by atoms with Crippen molar-refractivity contribution in [3.63, 3.8) is 0 Å². The number of hydrogen-bond acceptors (Lipinski definition) is 6. The number of ether oxygens (including phenoxy) is 1. The van der Waals surface area contributed by atoms with Gasteiger partial charge in [0.2, 0.25) is 0 Å². The van der Waals surface area contributed by atoms with Crippen molar-refractivity contribution in [2.24, 2.45) is 0 Å². The van der Waals surface area contributed by atoms with Crippen LogP contribution in [0.25, 0.3) is 10.9 Å². The van der Waals surface area contributed by atoms with Gasteiger partial charge in [0, 0.05) is 40.9 Å². The summed E-state index contributed by atoms with van der Waals surface area (Å²) < 4.78 is 5.23. The van der Waals surface area contributed by atoms with Crippen LogP contribution in [-0.4, -0.2) is 20.8 Å². The molecule has 9 nitrogen and oxygen atoms in total. The molecule has 0 amide bonds. The standard InChI is InChI=1S/C16H11N3O6/c1-9-15(13-8-11(19(23)24)4-7-14(13)17-9)16(20)25-12-5-2-10(3-6-12)18(21)22/h2-8,17H,1H3. The Hall–Kier alpha value is -3.75. The van der Waals surface area contributed by atoms with E-state index in [1.54, 1.807) is 6.92 Å². The van der Waals surface area contributed by atoms with Crippen molar-refractivity contribution in [3.8, 4) is 5.75 Å². The normalized spacial score (nSPS) is 10.6. The highest BCUT2D eigenvalue weighted by molar-refractivity contribution is 6.06. The van der Waals surface area contributed by atoms with E-state index in [-0.39, 0.29) is 22.7 Å². The number of aromatic nitrogens is 1. The molecule has 2 aromatic carbocycles. The quantitative estimate of drug-likeness (QED) is 0.334. The summed E-state index contributed by atoms with van der Waals surface area (Å²) in [6, 6.07) is 9.20. The first-order chi connectivity index (χ1) is 11.9. The number of benzene rings is 2. The van der Waals surface area contributed by atoms with Gasteiger partial charge >= 0.3 is 5.97 Å². The molecule has 1 aromatic heterocycles. The lowest BCUT2D eigenvalue weighted by Crippen LogP contribution is -2.09. The highest BCUT2D eigenvalue weighted by Gasteiger charge is 2.20. The Kier molecular flexibility index (Phi) is 3.89. The zero-order valence-corrected chi connectivity index (χ0v) is 12.9. The van der Waals surface area contributed by atoms with E-state index < -0.39 is 15.8 Å². The number of aromatic amines is 1. The molecular formula is C16H11N3O6. The van der Waals surface area contributed by atoms with Gasteiger partial charge in [0.05, 0.1) is 15.4 Å². The van der Waals surface area contributed by atoms with E-state index >= 15 is 0 Å². The second kappa shape index (κ2) is 6.04. The van der Waals surface area contributed by atoms with E-state index in [4.69, 9.17) is 4.74 Å². The fourth-order valence-corrected chi connectivity index (χ4v) is 2.49. The number of carbonyl (C=O) groups is 1. The van der Waals surface area contributed by atoms with Crippen LogP contribution in [0.1, 0.15) is 16.1 Å². The zero-order valence-electron chi connectivity index (χ0n) is 12.9. The van der Waals surface area contributed by atoms with Crippen molar-refractivity contribution in [2.75, 3.05) is 0 Å². The second-order valence-corrected chi connectivity index (χ2v) is 5.25. The van der Waals surface area contributed by atoms with Crippen molar-refractivity contribution >= 4 is 28.2 Å². The Morgan fingerprint density at radius 2 is 1.60 bits per heavy atom. The van der Waals surface area contributed by atoms with Crippen LogP contribution in [0.15, 0.2) is 42.5 Å². The van der Waals surface area contributed by atoms with Crippen LogP contribution in [0.5, 0.6) is 5.75 Å². The summed E-state index contributed by atoms with van der Waals surface area (Å²) in [5.41, 5.74) is 0.979. The summed E-state index contributed by atoms with van der Waals surface area (Å²) >= 11 is 0. The minimum Gasteiger partial charge on any atom is -0.423 e. The molecule has 25 heavy (non-hydrogen) atoms. The molecule has 0 bridgehead atoms. The largest absolute Gasteiger partial charge is 0.423 e. The van der Waals surface area contributed by atoms with Gasteiger partial charge in [0.15, 0.2) is 0 Å². The number of nitrogens with one attached hydrogen (secondary N) is 1. The summed E-state index contributed by atoms with van der Waals surface area (Å²) in [6.07, 6.45) is 0. The lowest BCUT2D eigenvalue weighted by Gasteiger charge is -2.04. The predicted octanol–water partition coefficient (Wildman–Crippen LogP) is 3.51. The third kappa shape index (κ3) is 3.02. The molecule has 1 N–H and O–H groups in total. The smallest absolute Gasteiger partial charge is 0.345 e. The molecule has 0 spiro atoms. The Morgan fingerprint density at radius 1 is 1.00 bits per heavy atom. The van der Waals surface area contributed by atoms with Gasteiger partial charge in [-0.3, -0.25) is 20.2 Å². The first kappa shape index (κ1) is 16.1. The summed E-state index contributed by atoms with van der Waals surface area (Å²) in [7, 11) is 0. The number of nitro benzene ring substituents is 2. The second-order valence-electron chi connectivity index (χ2n) is 5.25. The highest BCUT2D eigenvalue weighted by Crippen LogP contribution is 2.28. The molecule has 0 saturated carbocycles. The van der Waals surface area contributed by atoms with Gasteiger partial charge in [0.1, 0.15) is 5.75 Å². The predicted molar refractivity (Wildman–Crippen MR) is 87.7 cm³/mol. The maximum absolute atomic E-state index is 12.5. The van der Waals surface area contributed by atoms with E-state index in [9.17, 15) is 25.0 Å². The monoisotopic (exact) mass is 341 g/mol. The molecule has 3 aromatic rings. The third-order valence-electron chi connectivity index (χ3n) is 3.64. The van der Waals surface area contributed by atoms with Gasteiger partial charge in [-0.25, -0.2) is 4.79 Å². The average molecular weight is 341 g/mol. The van der Waals surface area contributed by atoms with E-state index in [1.807, 2.05) is 0 Å². The van der Waals surface area contributed by atoms with Crippen molar-refractivity contribution < 1.29 is 19.4 Å². The van der Waals surface area contributed by atoms with Gasteiger partial charge in [-0.2, -0.15) is 0 Å². The van der Waals surface area contributed by atoms with E-state index in [0.717, 1.165) is 0 Å². The molecule has 0 radical (unpaired) electrons. The van der Waals surface area contributed by atoms with Crippen LogP contribution < -0.4 is 4.74 Å². The highest BCUT2D eigenvalue weighted by atomic mass is 16.6. The number of carbonyl (C=O) groups excluding carboxylic acids is 1. The number of rotatable bonds is 4. The van der Waals surface area contributed by atoms with Gasteiger partial charge < -0.3 is 9.72 Å². The van der Waals surface area contributed by atoms with Gasteiger partial charge in [-0.15, -0.1) is 0 Å². The molecule has 0 unspecified atom stereocenters. The number of nitro groups is 2. The summed E-state index contributed by atoms with van der Waals surface area (Å²) in [5, 5.41) is 21.9. The molecule has 9 heteroatoms. The first-order valence-electron chi connectivity index (χ1n) is 7.10. The minimum atomic E-state index is -0.710. The molecule has 0 aliphatic carbocycles. The summed E-state index contributed by atoms with van der Waals surface area (Å²) in [6.45, 7) is 1.65. The zero-order chi connectivity index (χ0) is 18.1. The number of aryl methyl sites for hydroxylation is 1. The third-order valence-corrected chi connectivity index (χ3v) is 3.64. The number of hydrogen-bond donors (Lipinski definition) is 1. The summed E-state index contributed by atoms with van der Waals surface area (Å²) in [4.78, 5) is 35.9. The van der Waals surface area contributed by atoms with E-state index in [0.29, 0.717) is 16.6 Å². The Bertz CT molecular complexity index is 1010. The lowest BCUT2D eigenvalue weighted by atomic mass is 10.1. The molecule has 126 valence electrons. The van der Waals surface area contributed by atoms with Crippen molar-refractivity contribution in [1.82, 2.24) is 4.98 Å². The van der Waals surface area contributed by atoms with Gasteiger partial charge in [0.25, 0.3) is 11.4 Å². The van der Waals surface area contributed by atoms with Crippen LogP contribution >= 0.6 is 0 Å². The fraction of sp³-hybridized carbons (Fsp3) is 0.0625. The minimum absolute atomic E-state index is 0.126. The maximum Gasteiger partial charge on any atom is 0.345 e. The Labute approximate surface area is 140 Å². The average Bonchev–Trinajstić information content (AvgIpc) is 2.90. The molecule has 1 heterocycles. The van der Waals surface area contributed by atoms with Crippen LogP contribution in [0.3, 0.4) is 0 Å². The maximum atomic E-state index is 12.5. The molecule has 0 aliphatic rings. The van der Waals surface area contributed by atoms with Crippen LogP contribution in [0.2, 0.25) is 0 Å². The summed E-state index contributed by atoms with van der Waals surface area (Å²) in [5.74, 6) is -0.576.